The second-order valence-electron chi connectivity index (χ2n) is 3.43. The van der Waals surface area contributed by atoms with E-state index in [0.717, 1.165) is 15.4 Å². The summed E-state index contributed by atoms with van der Waals surface area (Å²) in [6.07, 6.45) is 1.71. The lowest BCUT2D eigenvalue weighted by Gasteiger charge is -1.97. The molecule has 2 heterocycles. The van der Waals surface area contributed by atoms with Gasteiger partial charge in [0.15, 0.2) is 0 Å². The van der Waals surface area contributed by atoms with E-state index in [1.54, 1.807) is 12.3 Å². The van der Waals surface area contributed by atoms with E-state index >= 15 is 0 Å². The van der Waals surface area contributed by atoms with Crippen molar-refractivity contribution in [1.82, 2.24) is 15.2 Å². The van der Waals surface area contributed by atoms with E-state index < -0.39 is 5.76 Å². The molecule has 0 fully saturated rings. The summed E-state index contributed by atoms with van der Waals surface area (Å²) in [5.41, 5.74) is 1.55. The van der Waals surface area contributed by atoms with Gasteiger partial charge in [-0.2, -0.15) is 0 Å². The molecule has 0 saturated heterocycles. The van der Waals surface area contributed by atoms with Crippen molar-refractivity contribution in [2.75, 3.05) is 0 Å². The monoisotopic (exact) mass is 313 g/mol. The highest BCUT2D eigenvalue weighted by atomic mass is 79.9. The van der Waals surface area contributed by atoms with Gasteiger partial charge in [0.05, 0.1) is 10.6 Å². The molecular weight excluding hydrogens is 309 g/mol. The molecule has 0 bridgehead atoms. The lowest BCUT2D eigenvalue weighted by molar-refractivity contribution is 0.527. The first-order valence-electron chi connectivity index (χ1n) is 4.67. The maximum atomic E-state index is 10.9. The van der Waals surface area contributed by atoms with Gasteiger partial charge in [-0.15, -0.1) is 5.10 Å². The van der Waals surface area contributed by atoms with Gasteiger partial charge in [-0.05, 0) is 28.1 Å². The van der Waals surface area contributed by atoms with Crippen molar-refractivity contribution in [1.29, 1.82) is 0 Å². The van der Waals surface area contributed by atoms with Crippen LogP contribution in [0.1, 0.15) is 0 Å². The van der Waals surface area contributed by atoms with E-state index in [1.807, 2.05) is 6.07 Å². The van der Waals surface area contributed by atoms with Crippen LogP contribution in [0, 0.1) is 0 Å². The maximum Gasteiger partial charge on any atom is 0.434 e. The first-order valence-corrected chi connectivity index (χ1v) is 5.84. The second kappa shape index (κ2) is 3.75. The summed E-state index contributed by atoms with van der Waals surface area (Å²) in [7, 11) is 0. The highest BCUT2D eigenvalue weighted by Crippen LogP contribution is 2.33. The van der Waals surface area contributed by atoms with Gasteiger partial charge in [-0.1, -0.05) is 11.6 Å². The fraction of sp³-hybridized carbons (Fsp3) is 0. The van der Waals surface area contributed by atoms with Crippen molar-refractivity contribution in [3.05, 3.63) is 38.4 Å². The Morgan fingerprint density at radius 1 is 1.41 bits per heavy atom. The van der Waals surface area contributed by atoms with Crippen molar-refractivity contribution in [2.45, 2.75) is 0 Å². The van der Waals surface area contributed by atoms with Gasteiger partial charge in [0, 0.05) is 21.6 Å². The van der Waals surface area contributed by atoms with Crippen LogP contribution in [0.4, 0.5) is 0 Å². The van der Waals surface area contributed by atoms with E-state index in [1.165, 1.54) is 0 Å². The van der Waals surface area contributed by atoms with Crippen LogP contribution in [0.25, 0.3) is 22.4 Å². The van der Waals surface area contributed by atoms with Crippen LogP contribution in [0.5, 0.6) is 0 Å². The van der Waals surface area contributed by atoms with Gasteiger partial charge in [-0.25, -0.2) is 9.89 Å². The molecule has 0 spiro atoms. The molecule has 0 radical (unpaired) electrons. The van der Waals surface area contributed by atoms with Gasteiger partial charge in [-0.3, -0.25) is 0 Å². The molecule has 0 aliphatic heterocycles. The molecule has 86 valence electrons. The molecule has 7 heteroatoms. The summed E-state index contributed by atoms with van der Waals surface area (Å²) in [5, 5.41) is 7.49. The summed E-state index contributed by atoms with van der Waals surface area (Å²) in [5.74, 6) is -0.335. The second-order valence-corrected chi connectivity index (χ2v) is 4.69. The Balaban J connectivity index is 2.31. The van der Waals surface area contributed by atoms with Crippen LogP contribution in [0.3, 0.4) is 0 Å². The van der Waals surface area contributed by atoms with Gasteiger partial charge < -0.3 is 9.40 Å². The molecule has 2 aromatic heterocycles. The van der Waals surface area contributed by atoms with Crippen molar-refractivity contribution < 1.29 is 4.42 Å². The standard InChI is InChI=1S/C10H5BrClN3O2/c11-6-1-4-5(9-14-15-10(16)17-9)3-13-8(4)2-7(6)12/h1-3,13H,(H,15,16). The third-order valence-electron chi connectivity index (χ3n) is 2.39. The van der Waals surface area contributed by atoms with E-state index in [2.05, 4.69) is 31.1 Å². The summed E-state index contributed by atoms with van der Waals surface area (Å²) in [6, 6.07) is 3.63. The van der Waals surface area contributed by atoms with Crippen molar-refractivity contribution in [2.24, 2.45) is 0 Å². The summed E-state index contributed by atoms with van der Waals surface area (Å²) in [6.45, 7) is 0. The zero-order chi connectivity index (χ0) is 12.0. The van der Waals surface area contributed by atoms with Crippen molar-refractivity contribution in [3.63, 3.8) is 0 Å². The molecular formula is C10H5BrClN3O2. The van der Waals surface area contributed by atoms with Crippen LogP contribution in [0.15, 0.2) is 32.0 Å². The van der Waals surface area contributed by atoms with Gasteiger partial charge in [0.25, 0.3) is 5.89 Å². The zero-order valence-corrected chi connectivity index (χ0v) is 10.6. The Hall–Kier alpha value is -1.53. The van der Waals surface area contributed by atoms with Gasteiger partial charge >= 0.3 is 5.76 Å². The lowest BCUT2D eigenvalue weighted by atomic mass is 10.2. The molecule has 0 aliphatic rings. The summed E-state index contributed by atoms with van der Waals surface area (Å²) < 4.78 is 5.68. The van der Waals surface area contributed by atoms with Crippen LogP contribution < -0.4 is 5.76 Å². The third kappa shape index (κ3) is 1.69. The van der Waals surface area contributed by atoms with Crippen LogP contribution >= 0.6 is 27.5 Å². The minimum Gasteiger partial charge on any atom is -0.388 e. The first-order chi connectivity index (χ1) is 8.15. The number of halogens is 2. The minimum absolute atomic E-state index is 0.246. The molecule has 1 aromatic carbocycles. The Labute approximate surface area is 108 Å². The number of nitrogens with one attached hydrogen (secondary N) is 2. The van der Waals surface area contributed by atoms with E-state index in [9.17, 15) is 4.79 Å². The smallest absolute Gasteiger partial charge is 0.388 e. The predicted octanol–water partition coefficient (Wildman–Crippen LogP) is 2.93. The van der Waals surface area contributed by atoms with Crippen LogP contribution in [0.2, 0.25) is 5.02 Å². The van der Waals surface area contributed by atoms with E-state index in [0.29, 0.717) is 10.6 Å². The molecule has 0 unspecified atom stereocenters. The van der Waals surface area contributed by atoms with Crippen LogP contribution in [-0.4, -0.2) is 15.2 Å². The molecule has 5 nitrogen and oxygen atoms in total. The quantitative estimate of drug-likeness (QED) is 0.725. The molecule has 0 atom stereocenters. The highest BCUT2D eigenvalue weighted by Gasteiger charge is 2.13. The Morgan fingerprint density at radius 2 is 2.24 bits per heavy atom. The minimum atomic E-state index is -0.581. The fourth-order valence-corrected chi connectivity index (χ4v) is 2.15. The number of hydrogen-bond donors (Lipinski definition) is 2. The third-order valence-corrected chi connectivity index (χ3v) is 3.59. The number of fused-ring (bicyclic) bond motifs is 1. The van der Waals surface area contributed by atoms with Crippen LogP contribution in [-0.2, 0) is 0 Å². The number of nitrogens with zero attached hydrogens (tertiary/aromatic N) is 1. The van der Waals surface area contributed by atoms with Gasteiger partial charge in [0.2, 0.25) is 0 Å². The number of benzene rings is 1. The number of H-pyrrole nitrogens is 2. The first kappa shape index (κ1) is 10.6. The van der Waals surface area contributed by atoms with Gasteiger partial charge in [0.1, 0.15) is 0 Å². The Kier molecular flexibility index (Phi) is 2.34. The summed E-state index contributed by atoms with van der Waals surface area (Å²) in [4.78, 5) is 14.0. The molecule has 0 amide bonds. The number of rotatable bonds is 1. The van der Waals surface area contributed by atoms with Crippen molar-refractivity contribution >= 4 is 38.4 Å². The Bertz CT molecular complexity index is 758. The lowest BCUT2D eigenvalue weighted by Crippen LogP contribution is -1.93. The molecule has 0 saturated carbocycles. The normalized spacial score (nSPS) is 11.2. The zero-order valence-electron chi connectivity index (χ0n) is 8.25. The predicted molar refractivity (Wildman–Crippen MR) is 67.1 cm³/mol. The highest BCUT2D eigenvalue weighted by molar-refractivity contribution is 9.10. The SMILES string of the molecule is O=c1[nH]nc(-c2c[nH]c3cc(Cl)c(Br)cc23)o1. The largest absolute Gasteiger partial charge is 0.434 e. The Morgan fingerprint density at radius 3 is 2.94 bits per heavy atom. The number of hydrogen-bond acceptors (Lipinski definition) is 3. The average molecular weight is 315 g/mol. The molecule has 2 N–H and O–H groups in total. The number of aromatic amines is 2. The number of aromatic nitrogens is 3. The molecule has 3 rings (SSSR count). The van der Waals surface area contributed by atoms with E-state index in [4.69, 9.17) is 16.0 Å². The fourth-order valence-electron chi connectivity index (χ4n) is 1.64. The summed E-state index contributed by atoms with van der Waals surface area (Å²) >= 11 is 9.33. The molecule has 0 aliphatic carbocycles. The average Bonchev–Trinajstić information content (AvgIpc) is 2.86. The molecule has 17 heavy (non-hydrogen) atoms. The topological polar surface area (TPSA) is 74.7 Å². The van der Waals surface area contributed by atoms with Crippen molar-refractivity contribution in [3.8, 4) is 11.5 Å². The maximum absolute atomic E-state index is 10.9. The molecule has 3 aromatic rings. The van der Waals surface area contributed by atoms with E-state index in [-0.39, 0.29) is 5.89 Å².